The number of alkyl halides is 2. The van der Waals surface area contributed by atoms with Gasteiger partial charge in [0.25, 0.3) is 6.43 Å². The number of hydrogen-bond donors (Lipinski definition) is 3. The molecule has 3 heterocycles. The Hall–Kier alpha value is -4.41. The van der Waals surface area contributed by atoms with Crippen LogP contribution in [0.5, 0.6) is 0 Å². The minimum Gasteiger partial charge on any atom is -0.465 e. The molecule has 0 fully saturated rings. The van der Waals surface area contributed by atoms with E-state index in [1.165, 1.54) is 18.3 Å². The molecule has 2 amide bonds. The van der Waals surface area contributed by atoms with Gasteiger partial charge in [0.15, 0.2) is 11.5 Å². The van der Waals surface area contributed by atoms with Crippen molar-refractivity contribution >= 4 is 29.5 Å². The Bertz CT molecular complexity index is 1290. The monoisotopic (exact) mass is 438 g/mol. The van der Waals surface area contributed by atoms with E-state index in [9.17, 15) is 18.4 Å². The second-order valence-corrected chi connectivity index (χ2v) is 6.64. The highest BCUT2D eigenvalue weighted by Gasteiger charge is 2.20. The van der Waals surface area contributed by atoms with Crippen LogP contribution in [-0.4, -0.2) is 37.1 Å². The average molecular weight is 438 g/mol. The summed E-state index contributed by atoms with van der Waals surface area (Å²) in [4.78, 5) is 34.6. The number of pyridine rings is 2. The number of nitrogens with zero attached hydrogens (tertiary/aromatic N) is 4. The molecule has 0 saturated heterocycles. The van der Waals surface area contributed by atoms with Gasteiger partial charge in [0.1, 0.15) is 17.0 Å². The van der Waals surface area contributed by atoms with Crippen molar-refractivity contribution in [1.29, 1.82) is 0 Å². The number of amides is 2. The molecule has 0 aliphatic carbocycles. The van der Waals surface area contributed by atoms with E-state index in [0.717, 1.165) is 0 Å². The normalized spacial score (nSPS) is 11.0. The highest BCUT2D eigenvalue weighted by Crippen LogP contribution is 2.32. The first kappa shape index (κ1) is 20.8. The number of rotatable bonds is 7. The van der Waals surface area contributed by atoms with Gasteiger partial charge in [0, 0.05) is 18.4 Å². The van der Waals surface area contributed by atoms with E-state index < -0.39 is 18.2 Å². The molecule has 0 radical (unpaired) electrons. The number of aromatic nitrogens is 4. The SMILES string of the molecule is O=CNc1ncccc1-c1nc2ccc(C(F)F)nc2n1-c1ccc(CNC(=O)O)cc1. The van der Waals surface area contributed by atoms with Crippen LogP contribution < -0.4 is 10.6 Å². The molecule has 4 aromatic rings. The predicted octanol–water partition coefficient (Wildman–Crippen LogP) is 3.76. The second-order valence-electron chi connectivity index (χ2n) is 6.64. The molecular weight excluding hydrogens is 422 g/mol. The first-order valence-corrected chi connectivity index (χ1v) is 9.37. The van der Waals surface area contributed by atoms with E-state index >= 15 is 0 Å². The maximum absolute atomic E-state index is 13.3. The van der Waals surface area contributed by atoms with Gasteiger partial charge in [0.2, 0.25) is 6.41 Å². The van der Waals surface area contributed by atoms with Gasteiger partial charge in [0.05, 0.1) is 5.56 Å². The summed E-state index contributed by atoms with van der Waals surface area (Å²) in [5.41, 5.74) is 1.91. The lowest BCUT2D eigenvalue weighted by molar-refractivity contribution is -0.105. The lowest BCUT2D eigenvalue weighted by atomic mass is 10.2. The van der Waals surface area contributed by atoms with Crippen LogP contribution in [0.2, 0.25) is 0 Å². The Morgan fingerprint density at radius 2 is 1.91 bits per heavy atom. The minimum atomic E-state index is -2.76. The van der Waals surface area contributed by atoms with Crippen molar-refractivity contribution in [2.45, 2.75) is 13.0 Å². The summed E-state index contributed by atoms with van der Waals surface area (Å²) in [6.45, 7) is 0.108. The van der Waals surface area contributed by atoms with Crippen molar-refractivity contribution in [3.63, 3.8) is 0 Å². The lowest BCUT2D eigenvalue weighted by Gasteiger charge is -2.12. The molecule has 0 aliphatic heterocycles. The fourth-order valence-corrected chi connectivity index (χ4v) is 3.22. The maximum atomic E-state index is 13.3. The predicted molar refractivity (Wildman–Crippen MR) is 112 cm³/mol. The molecule has 11 heteroatoms. The summed E-state index contributed by atoms with van der Waals surface area (Å²) in [5, 5.41) is 13.6. The van der Waals surface area contributed by atoms with Crippen molar-refractivity contribution in [3.8, 4) is 17.1 Å². The summed E-state index contributed by atoms with van der Waals surface area (Å²) in [7, 11) is 0. The average Bonchev–Trinajstić information content (AvgIpc) is 3.17. The molecule has 0 aliphatic rings. The van der Waals surface area contributed by atoms with Crippen LogP contribution in [0.15, 0.2) is 54.7 Å². The molecule has 0 bridgehead atoms. The molecule has 1 aromatic carbocycles. The van der Waals surface area contributed by atoms with Gasteiger partial charge in [-0.1, -0.05) is 12.1 Å². The second kappa shape index (κ2) is 8.76. The molecule has 0 unspecified atom stereocenters. The molecule has 32 heavy (non-hydrogen) atoms. The molecule has 4 rings (SSSR count). The highest BCUT2D eigenvalue weighted by molar-refractivity contribution is 5.86. The Morgan fingerprint density at radius 1 is 1.12 bits per heavy atom. The Labute approximate surface area is 179 Å². The third kappa shape index (κ3) is 4.08. The number of imidazole rings is 1. The number of benzene rings is 1. The van der Waals surface area contributed by atoms with Crippen molar-refractivity contribution in [3.05, 3.63) is 66.0 Å². The minimum absolute atomic E-state index is 0.108. The van der Waals surface area contributed by atoms with Crippen molar-refractivity contribution in [2.75, 3.05) is 5.32 Å². The topological polar surface area (TPSA) is 122 Å². The van der Waals surface area contributed by atoms with Gasteiger partial charge >= 0.3 is 6.09 Å². The fourth-order valence-electron chi connectivity index (χ4n) is 3.22. The van der Waals surface area contributed by atoms with Crippen LogP contribution >= 0.6 is 0 Å². The van der Waals surface area contributed by atoms with Gasteiger partial charge in [-0.25, -0.2) is 28.5 Å². The van der Waals surface area contributed by atoms with E-state index in [1.807, 2.05) is 0 Å². The third-order valence-electron chi connectivity index (χ3n) is 4.63. The standard InChI is InChI=1S/C21H16F2N6O3/c22-17(23)15-7-8-16-20(27-15)29(13-5-3-12(4-6-13)10-25-21(31)32)19(28-16)14-2-1-9-24-18(14)26-11-30/h1-9,11,17,25H,10H2,(H,31,32)(H,24,26,30). The van der Waals surface area contributed by atoms with E-state index in [1.54, 1.807) is 41.0 Å². The van der Waals surface area contributed by atoms with Gasteiger partial charge in [-0.05, 0) is 42.0 Å². The first-order chi connectivity index (χ1) is 15.5. The quantitative estimate of drug-likeness (QED) is 0.378. The zero-order chi connectivity index (χ0) is 22.7. The number of carboxylic acid groups (broad SMARTS) is 1. The van der Waals surface area contributed by atoms with Crippen molar-refractivity contribution in [1.82, 2.24) is 24.8 Å². The third-order valence-corrected chi connectivity index (χ3v) is 4.63. The number of carbonyl (C=O) groups is 2. The van der Waals surface area contributed by atoms with Crippen LogP contribution in [0, 0.1) is 0 Å². The van der Waals surface area contributed by atoms with Crippen molar-refractivity contribution in [2.24, 2.45) is 0 Å². The number of halogens is 2. The highest BCUT2D eigenvalue weighted by atomic mass is 19.3. The number of fused-ring (bicyclic) bond motifs is 1. The van der Waals surface area contributed by atoms with E-state index in [0.29, 0.717) is 34.6 Å². The van der Waals surface area contributed by atoms with Crippen LogP contribution in [0.25, 0.3) is 28.2 Å². The smallest absolute Gasteiger partial charge is 0.404 e. The maximum Gasteiger partial charge on any atom is 0.404 e. The van der Waals surface area contributed by atoms with Gasteiger partial charge < -0.3 is 15.7 Å². The van der Waals surface area contributed by atoms with Crippen molar-refractivity contribution < 1.29 is 23.5 Å². The first-order valence-electron chi connectivity index (χ1n) is 9.37. The summed E-state index contributed by atoms with van der Waals surface area (Å²) >= 11 is 0. The summed E-state index contributed by atoms with van der Waals surface area (Å²) in [6, 6.07) is 12.8. The van der Waals surface area contributed by atoms with Crippen LogP contribution in [0.1, 0.15) is 17.7 Å². The van der Waals surface area contributed by atoms with E-state index in [-0.39, 0.29) is 18.0 Å². The molecule has 3 aromatic heterocycles. The fraction of sp³-hybridized carbons (Fsp3) is 0.0952. The molecule has 162 valence electrons. The van der Waals surface area contributed by atoms with Crippen LogP contribution in [0.3, 0.4) is 0 Å². The van der Waals surface area contributed by atoms with Crippen LogP contribution in [-0.2, 0) is 11.3 Å². The van der Waals surface area contributed by atoms with E-state index in [4.69, 9.17) is 5.11 Å². The molecule has 9 nitrogen and oxygen atoms in total. The summed E-state index contributed by atoms with van der Waals surface area (Å²) < 4.78 is 28.2. The Balaban J connectivity index is 1.91. The van der Waals surface area contributed by atoms with Gasteiger partial charge in [-0.15, -0.1) is 0 Å². The van der Waals surface area contributed by atoms with Gasteiger partial charge in [-0.3, -0.25) is 9.36 Å². The zero-order valence-electron chi connectivity index (χ0n) is 16.4. The number of nitrogens with one attached hydrogen (secondary N) is 2. The Morgan fingerprint density at radius 3 is 2.59 bits per heavy atom. The molecule has 0 saturated carbocycles. The molecule has 0 atom stereocenters. The summed E-state index contributed by atoms with van der Waals surface area (Å²) in [6.07, 6.45) is -1.93. The Kier molecular flexibility index (Phi) is 5.71. The van der Waals surface area contributed by atoms with E-state index in [2.05, 4.69) is 25.6 Å². The largest absolute Gasteiger partial charge is 0.465 e. The lowest BCUT2D eigenvalue weighted by Crippen LogP contribution is -2.19. The molecule has 0 spiro atoms. The molecule has 3 N–H and O–H groups in total. The zero-order valence-corrected chi connectivity index (χ0v) is 16.4. The number of carbonyl (C=O) groups excluding carboxylic acids is 1. The molecular formula is C21H16F2N6O3. The number of anilines is 1. The van der Waals surface area contributed by atoms with Crippen LogP contribution in [0.4, 0.5) is 19.4 Å². The van der Waals surface area contributed by atoms with Gasteiger partial charge in [-0.2, -0.15) is 0 Å². The summed E-state index contributed by atoms with van der Waals surface area (Å²) in [5.74, 6) is 0.586. The number of hydrogen-bond acceptors (Lipinski definition) is 5.